The van der Waals surface area contributed by atoms with E-state index in [1.54, 1.807) is 50.7 Å². The Balaban J connectivity index is 1.57. The molecule has 2 amide bonds. The van der Waals surface area contributed by atoms with E-state index in [-0.39, 0.29) is 29.3 Å². The average molecular weight is 621 g/mol. The minimum Gasteiger partial charge on any atom is -0.480 e. The van der Waals surface area contributed by atoms with Crippen LogP contribution in [0.3, 0.4) is 0 Å². The molecule has 0 aliphatic carbocycles. The van der Waals surface area contributed by atoms with Crippen molar-refractivity contribution in [2.24, 2.45) is 5.92 Å². The van der Waals surface area contributed by atoms with Crippen molar-refractivity contribution < 1.29 is 27.9 Å². The van der Waals surface area contributed by atoms with Crippen LogP contribution in [-0.4, -0.2) is 43.1 Å². The van der Waals surface area contributed by atoms with Gasteiger partial charge >= 0.3 is 18.2 Å². The molecular formula is C26H24ClF3N8O3S. The zero-order valence-electron chi connectivity index (χ0n) is 22.2. The first-order valence-corrected chi connectivity index (χ1v) is 13.5. The number of carbonyl (C=O) groups excluding carboxylic acids is 1. The number of carbonyl (C=O) groups is 2. The van der Waals surface area contributed by atoms with Crippen LogP contribution in [0.2, 0.25) is 5.02 Å². The molecule has 0 radical (unpaired) electrons. The van der Waals surface area contributed by atoms with Crippen molar-refractivity contribution >= 4 is 63.9 Å². The first-order chi connectivity index (χ1) is 19.8. The van der Waals surface area contributed by atoms with Crippen molar-refractivity contribution in [2.75, 3.05) is 21.3 Å². The minimum absolute atomic E-state index is 0.0319. The van der Waals surface area contributed by atoms with E-state index in [0.29, 0.717) is 16.3 Å². The van der Waals surface area contributed by atoms with Gasteiger partial charge in [0.2, 0.25) is 11.9 Å². The van der Waals surface area contributed by atoms with Crippen LogP contribution in [0.4, 0.5) is 46.9 Å². The maximum atomic E-state index is 13.2. The van der Waals surface area contributed by atoms with E-state index in [4.69, 9.17) is 11.6 Å². The average Bonchev–Trinajstić information content (AvgIpc) is 3.44. The predicted molar refractivity (Wildman–Crippen MR) is 154 cm³/mol. The summed E-state index contributed by atoms with van der Waals surface area (Å²) in [7, 11) is 0. The van der Waals surface area contributed by atoms with Crippen molar-refractivity contribution in [1.82, 2.24) is 19.9 Å². The third kappa shape index (κ3) is 7.61. The first-order valence-electron chi connectivity index (χ1n) is 12.3. The minimum atomic E-state index is -4.68. The fourth-order valence-electron chi connectivity index (χ4n) is 3.65. The summed E-state index contributed by atoms with van der Waals surface area (Å²) in [4.78, 5) is 42.1. The summed E-state index contributed by atoms with van der Waals surface area (Å²) in [6.45, 7) is 5.29. The molecule has 42 heavy (non-hydrogen) atoms. The molecule has 220 valence electrons. The van der Waals surface area contributed by atoms with Gasteiger partial charge in [-0.25, -0.2) is 9.59 Å². The molecule has 4 rings (SSSR count). The lowest BCUT2D eigenvalue weighted by Gasteiger charge is -2.18. The quantitative estimate of drug-likeness (QED) is 0.135. The Hall–Kier alpha value is -4.50. The highest BCUT2D eigenvalue weighted by molar-refractivity contribution is 7.13. The Morgan fingerprint density at radius 2 is 1.67 bits per heavy atom. The molecule has 5 N–H and O–H groups in total. The number of nitrogens with one attached hydrogen (secondary N) is 4. The lowest BCUT2D eigenvalue weighted by molar-refractivity contribution is -0.139. The molecule has 1 unspecified atom stereocenters. The van der Waals surface area contributed by atoms with Gasteiger partial charge in [0.05, 0.1) is 21.0 Å². The smallest absolute Gasteiger partial charge is 0.417 e. The van der Waals surface area contributed by atoms with E-state index in [9.17, 15) is 27.9 Å². The fraction of sp³-hybridized carbons (Fsp3) is 0.231. The number of hydrogen-bond donors (Lipinski definition) is 5. The predicted octanol–water partition coefficient (Wildman–Crippen LogP) is 6.88. The summed E-state index contributed by atoms with van der Waals surface area (Å²) < 4.78 is 39.5. The highest BCUT2D eigenvalue weighted by Crippen LogP contribution is 2.36. The van der Waals surface area contributed by atoms with Gasteiger partial charge in [0.15, 0.2) is 5.82 Å². The van der Waals surface area contributed by atoms with E-state index in [1.165, 1.54) is 17.4 Å². The number of aliphatic carboxylic acids is 1. The van der Waals surface area contributed by atoms with Gasteiger partial charge in [-0.1, -0.05) is 31.5 Å². The number of urea groups is 1. The Bertz CT molecular complexity index is 1600. The van der Waals surface area contributed by atoms with E-state index < -0.39 is 34.8 Å². The molecule has 16 heteroatoms. The van der Waals surface area contributed by atoms with Crippen LogP contribution >= 0.6 is 22.9 Å². The molecule has 0 saturated heterocycles. The highest BCUT2D eigenvalue weighted by atomic mass is 35.5. The van der Waals surface area contributed by atoms with Crippen molar-refractivity contribution in [3.05, 3.63) is 64.3 Å². The van der Waals surface area contributed by atoms with Crippen LogP contribution in [0.1, 0.15) is 25.0 Å². The summed E-state index contributed by atoms with van der Waals surface area (Å²) in [5, 5.41) is 19.9. The molecule has 0 aliphatic rings. The number of aryl methyl sites for hydroxylation is 1. The number of rotatable bonds is 9. The summed E-state index contributed by atoms with van der Waals surface area (Å²) in [5.74, 6) is -0.955. The van der Waals surface area contributed by atoms with Crippen LogP contribution in [0, 0.1) is 12.8 Å². The third-order valence-electron chi connectivity index (χ3n) is 5.78. The Morgan fingerprint density at radius 3 is 2.29 bits per heavy atom. The second kappa shape index (κ2) is 12.6. The summed E-state index contributed by atoms with van der Waals surface area (Å²) >= 11 is 6.93. The van der Waals surface area contributed by atoms with Crippen LogP contribution in [-0.2, 0) is 11.0 Å². The summed E-state index contributed by atoms with van der Waals surface area (Å²) in [6.07, 6.45) is -3.12. The molecule has 4 aromatic rings. The number of alkyl halides is 3. The number of hydrogen-bond acceptors (Lipinski definition) is 9. The van der Waals surface area contributed by atoms with Gasteiger partial charge < -0.3 is 26.4 Å². The van der Waals surface area contributed by atoms with Crippen LogP contribution in [0.15, 0.2) is 48.1 Å². The first kappa shape index (κ1) is 30.5. The normalized spacial score (nSPS) is 12.1. The molecule has 0 aliphatic heterocycles. The maximum Gasteiger partial charge on any atom is 0.417 e. The second-order valence-electron chi connectivity index (χ2n) is 9.30. The molecular weight excluding hydrogens is 597 g/mol. The topological polar surface area (TPSA) is 154 Å². The SMILES string of the molecule is Cc1ccc(NC(=O)Nc2ccc(Cl)c(C(F)(F)F)c2)cc1Nc1nc(NC(C(=O)O)C(C)C)nc(-c2cncs2)n1. The number of benzene rings is 2. The second-order valence-corrected chi connectivity index (χ2v) is 10.6. The largest absolute Gasteiger partial charge is 0.480 e. The molecule has 2 heterocycles. The van der Waals surface area contributed by atoms with Crippen LogP contribution in [0.25, 0.3) is 10.7 Å². The lowest BCUT2D eigenvalue weighted by atomic mass is 10.1. The monoisotopic (exact) mass is 620 g/mol. The van der Waals surface area contributed by atoms with Gasteiger partial charge in [-0.2, -0.15) is 28.1 Å². The van der Waals surface area contributed by atoms with Crippen molar-refractivity contribution in [3.8, 4) is 10.7 Å². The molecule has 2 aromatic heterocycles. The Kier molecular flexibility index (Phi) is 9.11. The lowest BCUT2D eigenvalue weighted by Crippen LogP contribution is -2.35. The Labute approximate surface area is 246 Å². The van der Waals surface area contributed by atoms with Gasteiger partial charge in [0.25, 0.3) is 0 Å². The highest BCUT2D eigenvalue weighted by Gasteiger charge is 2.33. The third-order valence-corrected chi connectivity index (χ3v) is 6.88. The number of halogens is 4. The molecule has 0 bridgehead atoms. The van der Waals surface area contributed by atoms with Gasteiger partial charge in [-0.3, -0.25) is 4.98 Å². The van der Waals surface area contributed by atoms with Crippen LogP contribution in [0.5, 0.6) is 0 Å². The van der Waals surface area contributed by atoms with Gasteiger partial charge in [-0.15, -0.1) is 11.3 Å². The zero-order chi connectivity index (χ0) is 30.6. The molecule has 0 saturated carbocycles. The number of carboxylic acid groups (broad SMARTS) is 1. The number of nitrogens with zero attached hydrogens (tertiary/aromatic N) is 4. The number of aromatic nitrogens is 4. The van der Waals surface area contributed by atoms with Gasteiger partial charge in [0.1, 0.15) is 6.04 Å². The number of amides is 2. The number of anilines is 5. The van der Waals surface area contributed by atoms with Gasteiger partial charge in [-0.05, 0) is 48.7 Å². The van der Waals surface area contributed by atoms with Crippen molar-refractivity contribution in [2.45, 2.75) is 33.0 Å². The summed E-state index contributed by atoms with van der Waals surface area (Å²) in [6, 6.07) is 6.17. The molecule has 1 atom stereocenters. The molecule has 11 nitrogen and oxygen atoms in total. The molecule has 0 fully saturated rings. The van der Waals surface area contributed by atoms with Crippen molar-refractivity contribution in [3.63, 3.8) is 0 Å². The molecule has 0 spiro atoms. The van der Waals surface area contributed by atoms with E-state index in [0.717, 1.165) is 17.7 Å². The van der Waals surface area contributed by atoms with Gasteiger partial charge in [0, 0.05) is 23.3 Å². The van der Waals surface area contributed by atoms with E-state index in [1.807, 2.05) is 0 Å². The zero-order valence-corrected chi connectivity index (χ0v) is 23.8. The van der Waals surface area contributed by atoms with Crippen LogP contribution < -0.4 is 21.3 Å². The Morgan fingerprint density at radius 1 is 1.00 bits per heavy atom. The maximum absolute atomic E-state index is 13.2. The standard InChI is InChI=1S/C26H24ClF3N8O3S/c1-12(2)20(22(39)40)35-24-37-21(19-10-31-11-42-19)36-23(38-24)34-18-9-15(5-4-13(18)3)33-25(41)32-14-6-7-17(27)16(8-14)26(28,29)30/h4-12,20H,1-3H3,(H,39,40)(H2,32,33,41)(H2,34,35,36,37,38). The number of carboxylic acids is 1. The van der Waals surface area contributed by atoms with Crippen molar-refractivity contribution in [1.29, 1.82) is 0 Å². The molecule has 2 aromatic carbocycles. The van der Waals surface area contributed by atoms with E-state index in [2.05, 4.69) is 41.2 Å². The van der Waals surface area contributed by atoms with E-state index >= 15 is 0 Å². The fourth-order valence-corrected chi connectivity index (χ4v) is 4.43. The summed E-state index contributed by atoms with van der Waals surface area (Å²) in [5.41, 5.74) is 1.98. The number of thiazole rings is 1.